The number of alkyl halides is 3. The van der Waals surface area contributed by atoms with Gasteiger partial charge in [0.15, 0.2) is 6.04 Å². The number of hydrogen-bond donors (Lipinski definition) is 3. The van der Waals surface area contributed by atoms with Crippen molar-refractivity contribution in [1.29, 1.82) is 0 Å². The number of nitrogens with one attached hydrogen (secondary N) is 1. The summed E-state index contributed by atoms with van der Waals surface area (Å²) in [6.07, 6.45) is -4.65. The zero-order chi connectivity index (χ0) is 16.4. The highest BCUT2D eigenvalue weighted by Gasteiger charge is 2.33. The summed E-state index contributed by atoms with van der Waals surface area (Å²) in [6, 6.07) is -0.287. The van der Waals surface area contributed by atoms with Gasteiger partial charge in [0.05, 0.1) is 11.3 Å². The van der Waals surface area contributed by atoms with Crippen molar-refractivity contribution in [3.63, 3.8) is 0 Å². The number of carbonyl (C=O) groups is 3. The molecule has 0 aromatic carbocycles. The molecule has 0 aliphatic carbocycles. The molecule has 0 atom stereocenters. The summed E-state index contributed by atoms with van der Waals surface area (Å²) in [4.78, 5) is 36.9. The number of aromatic nitrogens is 1. The largest absolute Gasteiger partial charge is 0.433 e. The van der Waals surface area contributed by atoms with Crippen LogP contribution in [0.25, 0.3) is 0 Å². The fraction of sp³-hybridized carbons (Fsp3) is 0.273. The van der Waals surface area contributed by atoms with Crippen molar-refractivity contribution >= 4 is 17.7 Å². The van der Waals surface area contributed by atoms with Crippen molar-refractivity contribution in [2.24, 2.45) is 11.5 Å². The molecule has 0 aliphatic rings. The van der Waals surface area contributed by atoms with Gasteiger partial charge in [-0.05, 0) is 19.1 Å². The first-order valence-corrected chi connectivity index (χ1v) is 5.48. The van der Waals surface area contributed by atoms with Gasteiger partial charge < -0.3 is 16.8 Å². The Morgan fingerprint density at radius 1 is 1.19 bits per heavy atom. The van der Waals surface area contributed by atoms with Gasteiger partial charge in [-0.25, -0.2) is 4.98 Å². The molecule has 10 heteroatoms. The normalized spacial score (nSPS) is 11.3. The number of aryl methyl sites for hydroxylation is 1. The number of nitrogens with two attached hydrogens (primary N) is 2. The van der Waals surface area contributed by atoms with Gasteiger partial charge in [0.1, 0.15) is 5.69 Å². The number of nitrogens with zero attached hydrogens (tertiary/aromatic N) is 1. The lowest BCUT2D eigenvalue weighted by molar-refractivity contribution is -0.141. The molecule has 1 heterocycles. The third kappa shape index (κ3) is 3.91. The number of amides is 3. The van der Waals surface area contributed by atoms with Gasteiger partial charge in [0.25, 0.3) is 5.91 Å². The second kappa shape index (κ2) is 5.77. The maximum absolute atomic E-state index is 12.4. The molecule has 7 nitrogen and oxygen atoms in total. The van der Waals surface area contributed by atoms with Crippen LogP contribution in [0.2, 0.25) is 0 Å². The first kappa shape index (κ1) is 16.4. The van der Waals surface area contributed by atoms with Crippen LogP contribution in [-0.4, -0.2) is 28.7 Å². The molecule has 3 amide bonds. The summed E-state index contributed by atoms with van der Waals surface area (Å²) in [5.74, 6) is -3.36. The second-order valence-corrected chi connectivity index (χ2v) is 4.04. The highest BCUT2D eigenvalue weighted by molar-refractivity contribution is 6.08. The van der Waals surface area contributed by atoms with E-state index in [1.165, 1.54) is 6.92 Å². The summed E-state index contributed by atoms with van der Waals surface area (Å²) >= 11 is 0. The van der Waals surface area contributed by atoms with E-state index >= 15 is 0 Å². The molecule has 0 bridgehead atoms. The van der Waals surface area contributed by atoms with Crippen molar-refractivity contribution in [2.75, 3.05) is 0 Å². The lowest BCUT2D eigenvalue weighted by Crippen LogP contribution is -2.52. The van der Waals surface area contributed by atoms with Crippen LogP contribution in [0.3, 0.4) is 0 Å². The Morgan fingerprint density at radius 3 is 2.10 bits per heavy atom. The third-order valence-electron chi connectivity index (χ3n) is 2.47. The molecule has 1 rings (SSSR count). The number of carbonyl (C=O) groups excluding carboxylic acids is 3. The van der Waals surface area contributed by atoms with E-state index in [9.17, 15) is 27.6 Å². The van der Waals surface area contributed by atoms with E-state index in [1.807, 2.05) is 5.32 Å². The Hall–Kier alpha value is -2.65. The van der Waals surface area contributed by atoms with Crippen molar-refractivity contribution in [3.8, 4) is 0 Å². The van der Waals surface area contributed by atoms with Crippen molar-refractivity contribution in [1.82, 2.24) is 10.3 Å². The van der Waals surface area contributed by atoms with Gasteiger partial charge in [-0.1, -0.05) is 0 Å². The van der Waals surface area contributed by atoms with Gasteiger partial charge in [-0.3, -0.25) is 14.4 Å². The predicted molar refractivity (Wildman–Crippen MR) is 63.6 cm³/mol. The summed E-state index contributed by atoms with van der Waals surface area (Å²) in [7, 11) is 0. The van der Waals surface area contributed by atoms with E-state index in [0.717, 1.165) is 6.07 Å². The van der Waals surface area contributed by atoms with Gasteiger partial charge in [-0.15, -0.1) is 0 Å². The molecule has 0 spiro atoms. The third-order valence-corrected chi connectivity index (χ3v) is 2.47. The molecule has 1 aromatic heterocycles. The number of pyridine rings is 1. The Kier molecular flexibility index (Phi) is 4.51. The zero-order valence-electron chi connectivity index (χ0n) is 10.7. The molecule has 0 radical (unpaired) electrons. The molecule has 0 saturated heterocycles. The van der Waals surface area contributed by atoms with Gasteiger partial charge in [0.2, 0.25) is 11.8 Å². The van der Waals surface area contributed by atoms with Crippen LogP contribution < -0.4 is 16.8 Å². The van der Waals surface area contributed by atoms with E-state index in [4.69, 9.17) is 11.5 Å². The highest BCUT2D eigenvalue weighted by Crippen LogP contribution is 2.28. The van der Waals surface area contributed by atoms with Crippen LogP contribution in [0.5, 0.6) is 0 Å². The van der Waals surface area contributed by atoms with Crippen LogP contribution in [0.4, 0.5) is 13.2 Å². The van der Waals surface area contributed by atoms with Crippen molar-refractivity contribution in [2.45, 2.75) is 19.1 Å². The van der Waals surface area contributed by atoms with Crippen LogP contribution in [0.15, 0.2) is 12.1 Å². The fourth-order valence-electron chi connectivity index (χ4n) is 1.45. The molecular formula is C11H11F3N4O3. The van der Waals surface area contributed by atoms with E-state index in [-0.39, 0.29) is 11.3 Å². The molecule has 5 N–H and O–H groups in total. The van der Waals surface area contributed by atoms with Gasteiger partial charge in [0, 0.05) is 0 Å². The van der Waals surface area contributed by atoms with Crippen LogP contribution in [-0.2, 0) is 15.8 Å². The molecule has 0 saturated carbocycles. The maximum Gasteiger partial charge on any atom is 0.433 e. The zero-order valence-corrected chi connectivity index (χ0v) is 10.7. The SMILES string of the molecule is Cc1nc(C(F)(F)F)ccc1C(=O)NC(C(N)=O)C(N)=O. The average molecular weight is 304 g/mol. The first-order chi connectivity index (χ1) is 9.54. The predicted octanol–water partition coefficient (Wildman–Crippen LogP) is -0.522. The van der Waals surface area contributed by atoms with E-state index in [1.54, 1.807) is 0 Å². The Labute approximate surface area is 116 Å². The molecule has 1 aromatic rings. The number of rotatable bonds is 4. The van der Waals surface area contributed by atoms with Crippen LogP contribution >= 0.6 is 0 Å². The van der Waals surface area contributed by atoms with Crippen LogP contribution in [0.1, 0.15) is 21.7 Å². The molecule has 0 fully saturated rings. The summed E-state index contributed by atoms with van der Waals surface area (Å²) in [6.45, 7) is 1.17. The summed E-state index contributed by atoms with van der Waals surface area (Å²) in [5, 5.41) is 1.92. The van der Waals surface area contributed by atoms with Gasteiger partial charge >= 0.3 is 6.18 Å². The molecule has 21 heavy (non-hydrogen) atoms. The molecule has 0 unspecified atom stereocenters. The number of hydrogen-bond acceptors (Lipinski definition) is 4. The van der Waals surface area contributed by atoms with E-state index in [0.29, 0.717) is 6.07 Å². The quantitative estimate of drug-likeness (QED) is 0.646. The second-order valence-electron chi connectivity index (χ2n) is 4.04. The van der Waals surface area contributed by atoms with E-state index < -0.39 is 35.6 Å². The minimum atomic E-state index is -4.65. The summed E-state index contributed by atoms with van der Waals surface area (Å²) in [5.41, 5.74) is 8.09. The fourth-order valence-corrected chi connectivity index (χ4v) is 1.45. The minimum Gasteiger partial charge on any atom is -0.367 e. The Balaban J connectivity index is 3.04. The smallest absolute Gasteiger partial charge is 0.367 e. The lowest BCUT2D eigenvalue weighted by Gasteiger charge is -2.13. The Bertz CT molecular complexity index is 587. The topological polar surface area (TPSA) is 128 Å². The average Bonchev–Trinajstić information content (AvgIpc) is 2.33. The van der Waals surface area contributed by atoms with Crippen molar-refractivity contribution in [3.05, 3.63) is 29.1 Å². The monoisotopic (exact) mass is 304 g/mol. The standard InChI is InChI=1S/C11H11F3N4O3/c1-4-5(2-3-6(17-4)11(12,13)14)10(21)18-7(8(15)19)9(16)20/h2-3,7H,1H3,(H2,15,19)(H2,16,20)(H,18,21). The van der Waals surface area contributed by atoms with Gasteiger partial charge in [-0.2, -0.15) is 13.2 Å². The van der Waals surface area contributed by atoms with E-state index in [2.05, 4.69) is 4.98 Å². The number of primary amides is 2. The highest BCUT2D eigenvalue weighted by atomic mass is 19.4. The lowest BCUT2D eigenvalue weighted by atomic mass is 10.1. The van der Waals surface area contributed by atoms with Crippen LogP contribution in [0, 0.1) is 6.92 Å². The molecule has 114 valence electrons. The minimum absolute atomic E-state index is 0.227. The molecule has 0 aliphatic heterocycles. The Morgan fingerprint density at radius 2 is 1.71 bits per heavy atom. The van der Waals surface area contributed by atoms with Crippen molar-refractivity contribution < 1.29 is 27.6 Å². The first-order valence-electron chi connectivity index (χ1n) is 5.48. The molecular weight excluding hydrogens is 293 g/mol. The maximum atomic E-state index is 12.4. The number of halogens is 3. The summed E-state index contributed by atoms with van der Waals surface area (Å²) < 4.78 is 37.3.